The summed E-state index contributed by atoms with van der Waals surface area (Å²) in [6, 6.07) is 63.6. The van der Waals surface area contributed by atoms with E-state index in [0.717, 1.165) is 33.5 Å². The Morgan fingerprint density at radius 1 is 0.346 bits per heavy atom. The standard InChI is InChI=1S/C48H30N4/c1-3-10-35-27-37(15-13-31(35)7-1)39-19-23-45-43(29-39)44-30-40(38-16-14-32-8-2-4-11-36(32)28-38)20-24-46(44)52(45)41-21-17-34(18-22-41)47-49-50-48-42-12-6-5-9-33(42)25-26-51(47)48/h1-30H. The van der Waals surface area contributed by atoms with Crippen LogP contribution in [0.4, 0.5) is 0 Å². The zero-order chi connectivity index (χ0) is 34.2. The van der Waals surface area contributed by atoms with Gasteiger partial charge in [-0.3, -0.25) is 4.40 Å². The molecule has 52 heavy (non-hydrogen) atoms. The molecule has 0 atom stereocenters. The van der Waals surface area contributed by atoms with E-state index in [-0.39, 0.29) is 0 Å². The Bertz CT molecular complexity index is 3050. The Balaban J connectivity index is 1.08. The van der Waals surface area contributed by atoms with Gasteiger partial charge in [0.05, 0.1) is 11.0 Å². The van der Waals surface area contributed by atoms with E-state index in [1.807, 2.05) is 6.07 Å². The monoisotopic (exact) mass is 662 g/mol. The second-order valence-electron chi connectivity index (χ2n) is 13.6. The van der Waals surface area contributed by atoms with Gasteiger partial charge in [0.1, 0.15) is 0 Å². The van der Waals surface area contributed by atoms with Crippen LogP contribution in [0.15, 0.2) is 182 Å². The van der Waals surface area contributed by atoms with Gasteiger partial charge in [-0.2, -0.15) is 0 Å². The third-order valence-electron chi connectivity index (χ3n) is 10.6. The third kappa shape index (κ3) is 4.48. The molecule has 0 aliphatic carbocycles. The molecule has 0 N–H and O–H groups in total. The maximum absolute atomic E-state index is 4.63. The molecule has 242 valence electrons. The molecule has 0 unspecified atom stereocenters. The highest BCUT2D eigenvalue weighted by molar-refractivity contribution is 6.12. The second kappa shape index (κ2) is 11.2. The lowest BCUT2D eigenvalue weighted by Crippen LogP contribution is -1.95. The minimum atomic E-state index is 0.828. The molecule has 4 heteroatoms. The summed E-state index contributed by atoms with van der Waals surface area (Å²) < 4.78 is 4.47. The lowest BCUT2D eigenvalue weighted by atomic mass is 9.98. The molecular weight excluding hydrogens is 633 g/mol. The van der Waals surface area contributed by atoms with Crippen LogP contribution >= 0.6 is 0 Å². The second-order valence-corrected chi connectivity index (χ2v) is 13.6. The van der Waals surface area contributed by atoms with Crippen molar-refractivity contribution in [2.24, 2.45) is 0 Å². The third-order valence-corrected chi connectivity index (χ3v) is 10.6. The maximum atomic E-state index is 4.63. The number of hydrogen-bond donors (Lipinski definition) is 0. The lowest BCUT2D eigenvalue weighted by Gasteiger charge is -2.10. The maximum Gasteiger partial charge on any atom is 0.168 e. The van der Waals surface area contributed by atoms with Crippen LogP contribution in [0.25, 0.3) is 99.1 Å². The summed E-state index contributed by atoms with van der Waals surface area (Å²) in [5.74, 6) is 0.828. The van der Waals surface area contributed by atoms with E-state index in [9.17, 15) is 0 Å². The molecule has 11 rings (SSSR count). The summed E-state index contributed by atoms with van der Waals surface area (Å²) in [5.41, 5.74) is 10.2. The zero-order valence-electron chi connectivity index (χ0n) is 28.1. The van der Waals surface area contributed by atoms with Crippen molar-refractivity contribution < 1.29 is 0 Å². The van der Waals surface area contributed by atoms with Crippen molar-refractivity contribution >= 4 is 59.8 Å². The summed E-state index contributed by atoms with van der Waals surface area (Å²) in [5, 5.41) is 18.9. The van der Waals surface area contributed by atoms with Gasteiger partial charge in [0.25, 0.3) is 0 Å². The molecule has 0 fully saturated rings. The predicted molar refractivity (Wildman–Crippen MR) is 216 cm³/mol. The molecule has 0 aliphatic rings. The number of hydrogen-bond acceptors (Lipinski definition) is 2. The van der Waals surface area contributed by atoms with Crippen molar-refractivity contribution in [2.75, 3.05) is 0 Å². The minimum Gasteiger partial charge on any atom is -0.309 e. The number of fused-ring (bicyclic) bond motifs is 8. The first-order chi connectivity index (χ1) is 25.7. The topological polar surface area (TPSA) is 35.1 Å². The summed E-state index contributed by atoms with van der Waals surface area (Å²) in [4.78, 5) is 0. The van der Waals surface area contributed by atoms with Crippen LogP contribution in [-0.4, -0.2) is 19.2 Å². The number of benzene rings is 8. The van der Waals surface area contributed by atoms with Crippen LogP contribution in [0.5, 0.6) is 0 Å². The first kappa shape index (κ1) is 28.8. The van der Waals surface area contributed by atoms with Crippen LogP contribution < -0.4 is 0 Å². The van der Waals surface area contributed by atoms with E-state index in [0.29, 0.717) is 0 Å². The van der Waals surface area contributed by atoms with E-state index in [1.54, 1.807) is 0 Å². The summed E-state index contributed by atoms with van der Waals surface area (Å²) in [7, 11) is 0. The number of nitrogens with zero attached hydrogens (tertiary/aromatic N) is 4. The molecule has 0 aliphatic heterocycles. The Hall–Kier alpha value is -7.04. The Kier molecular flexibility index (Phi) is 6.22. The van der Waals surface area contributed by atoms with Crippen molar-refractivity contribution in [3.63, 3.8) is 0 Å². The van der Waals surface area contributed by atoms with Crippen LogP contribution in [-0.2, 0) is 0 Å². The van der Waals surface area contributed by atoms with Gasteiger partial charge in [0.2, 0.25) is 0 Å². The molecule has 0 amide bonds. The Labute approximate surface area is 299 Å². The minimum absolute atomic E-state index is 0.828. The SMILES string of the molecule is c1ccc2cc(-c3ccc4c(c3)c3cc(-c5ccc6ccccc6c5)ccc3n4-c3ccc(-c4nnc5c6ccccc6ccn45)cc3)ccc2c1. The van der Waals surface area contributed by atoms with E-state index < -0.39 is 0 Å². The van der Waals surface area contributed by atoms with E-state index in [1.165, 1.54) is 65.6 Å². The number of rotatable bonds is 4. The highest BCUT2D eigenvalue weighted by Crippen LogP contribution is 2.38. The fourth-order valence-corrected chi connectivity index (χ4v) is 7.97. The molecular formula is C48H30N4. The number of aromatic nitrogens is 4. The zero-order valence-corrected chi connectivity index (χ0v) is 28.1. The highest BCUT2D eigenvalue weighted by Gasteiger charge is 2.17. The van der Waals surface area contributed by atoms with Crippen LogP contribution in [0.1, 0.15) is 0 Å². The van der Waals surface area contributed by atoms with Crippen molar-refractivity contribution in [3.05, 3.63) is 182 Å². The van der Waals surface area contributed by atoms with Crippen molar-refractivity contribution in [2.45, 2.75) is 0 Å². The van der Waals surface area contributed by atoms with Gasteiger partial charge in [0, 0.05) is 33.6 Å². The molecule has 3 heterocycles. The molecule has 8 aromatic carbocycles. The predicted octanol–water partition coefficient (Wildman–Crippen LogP) is 12.3. The smallest absolute Gasteiger partial charge is 0.168 e. The lowest BCUT2D eigenvalue weighted by molar-refractivity contribution is 1.11. The van der Waals surface area contributed by atoms with Gasteiger partial charge in [-0.25, -0.2) is 0 Å². The molecule has 4 nitrogen and oxygen atoms in total. The molecule has 0 saturated heterocycles. The van der Waals surface area contributed by atoms with E-state index >= 15 is 0 Å². The van der Waals surface area contributed by atoms with Gasteiger partial charge in [0.15, 0.2) is 11.5 Å². The molecule has 0 spiro atoms. The molecule has 11 aromatic rings. The van der Waals surface area contributed by atoms with Crippen LogP contribution in [0, 0.1) is 0 Å². The van der Waals surface area contributed by atoms with Crippen LogP contribution in [0.3, 0.4) is 0 Å². The fourth-order valence-electron chi connectivity index (χ4n) is 7.97. The first-order valence-corrected chi connectivity index (χ1v) is 17.7. The Morgan fingerprint density at radius 2 is 0.846 bits per heavy atom. The van der Waals surface area contributed by atoms with E-state index in [4.69, 9.17) is 0 Å². The van der Waals surface area contributed by atoms with Crippen molar-refractivity contribution in [3.8, 4) is 39.3 Å². The first-order valence-electron chi connectivity index (χ1n) is 17.7. The average molecular weight is 663 g/mol. The van der Waals surface area contributed by atoms with Gasteiger partial charge in [-0.15, -0.1) is 10.2 Å². The highest BCUT2D eigenvalue weighted by atomic mass is 15.2. The summed E-state index contributed by atoms with van der Waals surface area (Å²) in [6.07, 6.45) is 2.06. The van der Waals surface area contributed by atoms with E-state index in [2.05, 4.69) is 195 Å². The molecule has 0 bridgehead atoms. The van der Waals surface area contributed by atoms with Gasteiger partial charge >= 0.3 is 0 Å². The molecule has 0 radical (unpaired) electrons. The van der Waals surface area contributed by atoms with Gasteiger partial charge in [-0.05, 0) is 116 Å². The molecule has 3 aromatic heterocycles. The Morgan fingerprint density at radius 3 is 1.46 bits per heavy atom. The summed E-state index contributed by atoms with van der Waals surface area (Å²) in [6.45, 7) is 0. The normalized spacial score (nSPS) is 11.8. The fraction of sp³-hybridized carbons (Fsp3) is 0. The average Bonchev–Trinajstić information content (AvgIpc) is 3.80. The quantitative estimate of drug-likeness (QED) is 0.188. The van der Waals surface area contributed by atoms with Crippen LogP contribution in [0.2, 0.25) is 0 Å². The van der Waals surface area contributed by atoms with Crippen molar-refractivity contribution in [1.82, 2.24) is 19.2 Å². The van der Waals surface area contributed by atoms with Crippen molar-refractivity contribution in [1.29, 1.82) is 0 Å². The molecule has 0 saturated carbocycles. The number of pyridine rings is 1. The largest absolute Gasteiger partial charge is 0.309 e. The summed E-state index contributed by atoms with van der Waals surface area (Å²) >= 11 is 0. The van der Waals surface area contributed by atoms with Gasteiger partial charge in [-0.1, -0.05) is 109 Å². The van der Waals surface area contributed by atoms with Gasteiger partial charge < -0.3 is 4.57 Å².